The Balaban J connectivity index is 0. The highest BCUT2D eigenvalue weighted by molar-refractivity contribution is 5.85. The van der Waals surface area contributed by atoms with Crippen molar-refractivity contribution in [2.24, 2.45) is 5.73 Å². The van der Waals surface area contributed by atoms with Crippen molar-refractivity contribution in [3.63, 3.8) is 0 Å². The minimum atomic E-state index is 0. The van der Waals surface area contributed by atoms with Gasteiger partial charge in [-0.05, 0) is 26.3 Å². The van der Waals surface area contributed by atoms with Crippen molar-refractivity contribution in [1.82, 2.24) is 5.32 Å². The smallest absolute Gasteiger partial charge is 0.293 e. The highest BCUT2D eigenvalue weighted by atomic mass is 35.5. The minimum Gasteiger partial charge on any atom is -0.468 e. The summed E-state index contributed by atoms with van der Waals surface area (Å²) < 4.78 is 9.71. The highest BCUT2D eigenvalue weighted by Gasteiger charge is 2.21. The first-order valence-corrected chi connectivity index (χ1v) is 5.89. The van der Waals surface area contributed by atoms with Crippen molar-refractivity contribution in [2.75, 3.05) is 26.3 Å². The van der Waals surface area contributed by atoms with Crippen molar-refractivity contribution >= 4 is 18.9 Å². The van der Waals surface area contributed by atoms with Crippen LogP contribution in [0.2, 0.25) is 0 Å². The van der Waals surface area contributed by atoms with Crippen LogP contribution in [0.3, 0.4) is 0 Å². The first-order chi connectivity index (χ1) is 7.76. The molecule has 0 saturated carbocycles. The Morgan fingerprint density at radius 3 is 2.59 bits per heavy atom. The molecule has 2 unspecified atom stereocenters. The second-order valence-electron chi connectivity index (χ2n) is 3.62. The lowest BCUT2D eigenvalue weighted by molar-refractivity contribution is -0.128. The van der Waals surface area contributed by atoms with Crippen molar-refractivity contribution < 1.29 is 14.3 Å². The van der Waals surface area contributed by atoms with Crippen LogP contribution in [0, 0.1) is 0 Å². The van der Waals surface area contributed by atoms with Gasteiger partial charge in [-0.15, -0.1) is 12.4 Å². The number of carbonyl (C=O) groups is 1. The summed E-state index contributed by atoms with van der Waals surface area (Å²) in [5.41, 5.74) is 5.85. The summed E-state index contributed by atoms with van der Waals surface area (Å²) >= 11 is 0. The molecule has 0 radical (unpaired) electrons. The summed E-state index contributed by atoms with van der Waals surface area (Å²) in [7, 11) is 0. The largest absolute Gasteiger partial charge is 0.468 e. The molecule has 0 bridgehead atoms. The van der Waals surface area contributed by atoms with Gasteiger partial charge in [0.15, 0.2) is 0 Å². The maximum absolute atomic E-state index is 9.18. The van der Waals surface area contributed by atoms with Crippen LogP contribution in [0.4, 0.5) is 0 Å². The number of ether oxygens (including phenoxy) is 2. The van der Waals surface area contributed by atoms with Crippen LogP contribution in [-0.4, -0.2) is 44.9 Å². The number of halogens is 1. The SMILES string of the molecule is CCCOC1CNCCC1N.CCOC=O.Cl. The number of nitrogens with one attached hydrogen (secondary N) is 1. The van der Waals surface area contributed by atoms with Gasteiger partial charge in [-0.1, -0.05) is 6.92 Å². The third-order valence-electron chi connectivity index (χ3n) is 2.25. The summed E-state index contributed by atoms with van der Waals surface area (Å²) in [6.45, 7) is 7.56. The molecular formula is C11H25ClN2O3. The molecule has 0 aromatic carbocycles. The zero-order chi connectivity index (χ0) is 12.2. The third-order valence-corrected chi connectivity index (χ3v) is 2.25. The van der Waals surface area contributed by atoms with E-state index < -0.39 is 0 Å². The Kier molecular flexibility index (Phi) is 15.3. The highest BCUT2D eigenvalue weighted by Crippen LogP contribution is 2.05. The van der Waals surface area contributed by atoms with Crippen LogP contribution in [0.25, 0.3) is 0 Å². The van der Waals surface area contributed by atoms with Crippen LogP contribution < -0.4 is 11.1 Å². The van der Waals surface area contributed by atoms with E-state index in [1.807, 2.05) is 0 Å². The Bertz CT molecular complexity index is 173. The molecule has 1 aliphatic heterocycles. The van der Waals surface area contributed by atoms with E-state index >= 15 is 0 Å². The topological polar surface area (TPSA) is 73.6 Å². The molecule has 2 atom stereocenters. The first-order valence-electron chi connectivity index (χ1n) is 5.89. The normalized spacial score (nSPS) is 22.8. The molecular weight excluding hydrogens is 244 g/mol. The van der Waals surface area contributed by atoms with Gasteiger partial charge >= 0.3 is 0 Å². The Labute approximate surface area is 110 Å². The fraction of sp³-hybridized carbons (Fsp3) is 0.909. The number of piperidine rings is 1. The van der Waals surface area contributed by atoms with Crippen LogP contribution in [0.1, 0.15) is 26.7 Å². The number of carbonyl (C=O) groups excluding carboxylic acids is 1. The van der Waals surface area contributed by atoms with Gasteiger partial charge in [0, 0.05) is 19.2 Å². The number of nitrogens with two attached hydrogens (primary N) is 1. The Morgan fingerprint density at radius 1 is 1.47 bits per heavy atom. The minimum absolute atomic E-state index is 0. The van der Waals surface area contributed by atoms with E-state index in [1.54, 1.807) is 6.92 Å². The molecule has 104 valence electrons. The fourth-order valence-corrected chi connectivity index (χ4v) is 1.37. The molecule has 0 aromatic heterocycles. The number of hydrogen-bond donors (Lipinski definition) is 2. The summed E-state index contributed by atoms with van der Waals surface area (Å²) in [5.74, 6) is 0. The van der Waals surface area contributed by atoms with E-state index in [1.165, 1.54) is 0 Å². The van der Waals surface area contributed by atoms with Gasteiger partial charge in [-0.3, -0.25) is 4.79 Å². The van der Waals surface area contributed by atoms with Crippen LogP contribution >= 0.6 is 12.4 Å². The van der Waals surface area contributed by atoms with Gasteiger partial charge in [0.1, 0.15) is 0 Å². The molecule has 5 nitrogen and oxygen atoms in total. The van der Waals surface area contributed by atoms with E-state index in [-0.39, 0.29) is 24.6 Å². The lowest BCUT2D eigenvalue weighted by Gasteiger charge is -2.29. The molecule has 0 amide bonds. The van der Waals surface area contributed by atoms with Crippen molar-refractivity contribution in [1.29, 1.82) is 0 Å². The average Bonchev–Trinajstić information content (AvgIpc) is 2.30. The van der Waals surface area contributed by atoms with Crippen molar-refractivity contribution in [2.45, 2.75) is 38.8 Å². The first kappa shape index (κ1) is 19.0. The second-order valence-corrected chi connectivity index (χ2v) is 3.62. The van der Waals surface area contributed by atoms with Gasteiger partial charge < -0.3 is 20.5 Å². The number of hydrogen-bond acceptors (Lipinski definition) is 5. The molecule has 17 heavy (non-hydrogen) atoms. The Morgan fingerprint density at radius 2 is 2.18 bits per heavy atom. The lowest BCUT2D eigenvalue weighted by Crippen LogP contribution is -2.50. The lowest BCUT2D eigenvalue weighted by atomic mass is 10.1. The predicted molar refractivity (Wildman–Crippen MR) is 70.4 cm³/mol. The maximum atomic E-state index is 9.18. The van der Waals surface area contributed by atoms with Crippen molar-refractivity contribution in [3.8, 4) is 0 Å². The molecule has 0 spiro atoms. The second kappa shape index (κ2) is 13.7. The maximum Gasteiger partial charge on any atom is 0.293 e. The molecule has 1 rings (SSSR count). The van der Waals surface area contributed by atoms with Crippen LogP contribution in [-0.2, 0) is 14.3 Å². The van der Waals surface area contributed by atoms with Gasteiger partial charge in [-0.25, -0.2) is 0 Å². The third kappa shape index (κ3) is 10.5. The standard InChI is InChI=1S/C8H18N2O.C3H6O2.ClH/c1-2-5-11-8-6-10-4-3-7(8)9;1-2-5-3-4;/h7-8,10H,2-6,9H2,1H3;3H,2H2,1H3;1H. The van der Waals surface area contributed by atoms with Gasteiger partial charge in [0.25, 0.3) is 6.47 Å². The van der Waals surface area contributed by atoms with E-state index in [9.17, 15) is 4.79 Å². The zero-order valence-corrected chi connectivity index (χ0v) is 11.5. The molecule has 6 heteroatoms. The summed E-state index contributed by atoms with van der Waals surface area (Å²) in [6.07, 6.45) is 2.35. The Hall–Kier alpha value is -0.360. The van der Waals surface area contributed by atoms with Crippen LogP contribution in [0.15, 0.2) is 0 Å². The van der Waals surface area contributed by atoms with Gasteiger partial charge in [-0.2, -0.15) is 0 Å². The van der Waals surface area contributed by atoms with Gasteiger partial charge in [0.05, 0.1) is 12.7 Å². The molecule has 1 fully saturated rings. The summed E-state index contributed by atoms with van der Waals surface area (Å²) in [4.78, 5) is 9.18. The fourth-order valence-electron chi connectivity index (χ4n) is 1.37. The molecule has 1 saturated heterocycles. The van der Waals surface area contributed by atoms with E-state index in [0.717, 1.165) is 32.5 Å². The summed E-state index contributed by atoms with van der Waals surface area (Å²) in [5, 5.41) is 3.27. The quantitative estimate of drug-likeness (QED) is 0.718. The molecule has 1 aliphatic rings. The predicted octanol–water partition coefficient (Wildman–Crippen LogP) is 0.703. The monoisotopic (exact) mass is 268 g/mol. The number of rotatable bonds is 5. The van der Waals surface area contributed by atoms with E-state index in [4.69, 9.17) is 10.5 Å². The van der Waals surface area contributed by atoms with E-state index in [0.29, 0.717) is 13.1 Å². The van der Waals surface area contributed by atoms with Gasteiger partial charge in [0.2, 0.25) is 0 Å². The van der Waals surface area contributed by atoms with Crippen molar-refractivity contribution in [3.05, 3.63) is 0 Å². The molecule has 0 aliphatic carbocycles. The molecule has 1 heterocycles. The van der Waals surface area contributed by atoms with E-state index in [2.05, 4.69) is 17.0 Å². The summed E-state index contributed by atoms with van der Waals surface area (Å²) in [6, 6.07) is 0.239. The molecule has 0 aromatic rings. The average molecular weight is 269 g/mol. The molecule has 3 N–H and O–H groups in total. The van der Waals surface area contributed by atoms with Crippen LogP contribution in [0.5, 0.6) is 0 Å². The zero-order valence-electron chi connectivity index (χ0n) is 10.7.